The normalized spacial score (nSPS) is 16.6. The van der Waals surface area contributed by atoms with Gasteiger partial charge in [0.1, 0.15) is 11.6 Å². The van der Waals surface area contributed by atoms with Gasteiger partial charge in [-0.2, -0.15) is 0 Å². The van der Waals surface area contributed by atoms with Crippen LogP contribution >= 0.6 is 0 Å². The number of hydrogen-bond donors (Lipinski definition) is 0. The monoisotopic (exact) mass is 343 g/mol. The Bertz CT molecular complexity index is 802. The Morgan fingerprint density at radius 1 is 1.24 bits per heavy atom. The second kappa shape index (κ2) is 6.50. The molecule has 1 aromatic heterocycles. The number of fused-ring (bicyclic) bond motifs is 2. The van der Waals surface area contributed by atoms with Crippen molar-refractivity contribution in [3.63, 3.8) is 0 Å². The maximum atomic E-state index is 13.8. The highest BCUT2D eigenvalue weighted by Gasteiger charge is 2.32. The van der Waals surface area contributed by atoms with Gasteiger partial charge in [0.2, 0.25) is 0 Å². The van der Waals surface area contributed by atoms with E-state index in [4.69, 9.17) is 4.52 Å². The lowest BCUT2D eigenvalue weighted by atomic mass is 9.96. The molecule has 1 amide bonds. The van der Waals surface area contributed by atoms with E-state index in [0.29, 0.717) is 18.8 Å². The van der Waals surface area contributed by atoms with Crippen molar-refractivity contribution in [2.24, 2.45) is 0 Å². The van der Waals surface area contributed by atoms with Crippen LogP contribution in [0.3, 0.4) is 0 Å². The topological polar surface area (TPSA) is 49.6 Å². The van der Waals surface area contributed by atoms with Crippen LogP contribution in [0.4, 0.5) is 15.8 Å². The van der Waals surface area contributed by atoms with Crippen molar-refractivity contribution in [1.29, 1.82) is 0 Å². The van der Waals surface area contributed by atoms with E-state index in [1.54, 1.807) is 11.0 Å². The molecule has 1 aliphatic carbocycles. The van der Waals surface area contributed by atoms with Crippen LogP contribution in [0, 0.1) is 5.82 Å². The molecule has 5 nitrogen and oxygen atoms in total. The first-order valence-corrected chi connectivity index (χ1v) is 9.03. The van der Waals surface area contributed by atoms with Crippen LogP contribution < -0.4 is 9.80 Å². The van der Waals surface area contributed by atoms with E-state index in [1.807, 2.05) is 0 Å². The second-order valence-electron chi connectivity index (χ2n) is 6.72. The number of hydrogen-bond acceptors (Lipinski definition) is 4. The summed E-state index contributed by atoms with van der Waals surface area (Å²) in [6.45, 7) is 4.20. The highest BCUT2D eigenvalue weighted by atomic mass is 19.1. The Kier molecular flexibility index (Phi) is 4.19. The molecule has 0 spiro atoms. The molecule has 1 aromatic carbocycles. The minimum absolute atomic E-state index is 0.143. The number of anilines is 2. The number of benzene rings is 1. The average molecular weight is 343 g/mol. The van der Waals surface area contributed by atoms with E-state index in [0.717, 1.165) is 61.3 Å². The molecule has 0 N–H and O–H groups in total. The SMILES string of the molecule is CCCN1CCN(C(=O)c2noc3c2CCCC3)c2ccc(F)cc21. The Labute approximate surface area is 146 Å². The van der Waals surface area contributed by atoms with Crippen molar-refractivity contribution in [2.75, 3.05) is 29.4 Å². The third kappa shape index (κ3) is 2.79. The highest BCUT2D eigenvalue weighted by molar-refractivity contribution is 6.08. The van der Waals surface area contributed by atoms with E-state index in [9.17, 15) is 9.18 Å². The average Bonchev–Trinajstić information content (AvgIpc) is 3.06. The molecule has 2 heterocycles. The molecule has 25 heavy (non-hydrogen) atoms. The quantitative estimate of drug-likeness (QED) is 0.855. The Morgan fingerprint density at radius 2 is 2.08 bits per heavy atom. The van der Waals surface area contributed by atoms with Gasteiger partial charge in [0.15, 0.2) is 5.69 Å². The van der Waals surface area contributed by atoms with Crippen LogP contribution in [-0.4, -0.2) is 30.7 Å². The third-order valence-electron chi connectivity index (χ3n) is 5.05. The van der Waals surface area contributed by atoms with Crippen molar-refractivity contribution >= 4 is 17.3 Å². The van der Waals surface area contributed by atoms with E-state index in [1.165, 1.54) is 12.1 Å². The summed E-state index contributed by atoms with van der Waals surface area (Å²) in [7, 11) is 0. The smallest absolute Gasteiger partial charge is 0.280 e. The fourth-order valence-electron chi connectivity index (χ4n) is 3.83. The van der Waals surface area contributed by atoms with E-state index < -0.39 is 0 Å². The Hall–Kier alpha value is -2.37. The molecule has 1 aliphatic heterocycles. The number of halogens is 1. The number of nitrogens with zero attached hydrogens (tertiary/aromatic N) is 3. The van der Waals surface area contributed by atoms with Crippen LogP contribution in [0.25, 0.3) is 0 Å². The van der Waals surface area contributed by atoms with Gasteiger partial charge in [0.05, 0.1) is 11.4 Å². The Morgan fingerprint density at radius 3 is 2.92 bits per heavy atom. The van der Waals surface area contributed by atoms with Crippen molar-refractivity contribution in [3.8, 4) is 0 Å². The summed E-state index contributed by atoms with van der Waals surface area (Å²) in [5.41, 5.74) is 2.90. The van der Waals surface area contributed by atoms with Crippen LogP contribution in [0.5, 0.6) is 0 Å². The van der Waals surface area contributed by atoms with E-state index >= 15 is 0 Å². The molecule has 2 aliphatic rings. The number of carbonyl (C=O) groups excluding carboxylic acids is 1. The number of rotatable bonds is 3. The molecule has 0 bridgehead atoms. The largest absolute Gasteiger partial charge is 0.368 e. The summed E-state index contributed by atoms with van der Waals surface area (Å²) in [6, 6.07) is 4.62. The second-order valence-corrected chi connectivity index (χ2v) is 6.72. The molecule has 0 saturated heterocycles. The highest BCUT2D eigenvalue weighted by Crippen LogP contribution is 2.35. The van der Waals surface area contributed by atoms with Gasteiger partial charge in [-0.1, -0.05) is 12.1 Å². The molecule has 132 valence electrons. The van der Waals surface area contributed by atoms with Crippen LogP contribution in [0.1, 0.15) is 48.0 Å². The fourth-order valence-corrected chi connectivity index (χ4v) is 3.83. The molecule has 0 saturated carbocycles. The molecule has 0 radical (unpaired) electrons. The van der Waals surface area contributed by atoms with Gasteiger partial charge in [-0.3, -0.25) is 4.79 Å². The number of aryl methyl sites for hydroxylation is 1. The molecular formula is C19H22FN3O2. The Balaban J connectivity index is 1.70. The fraction of sp³-hybridized carbons (Fsp3) is 0.474. The summed E-state index contributed by atoms with van der Waals surface area (Å²) < 4.78 is 19.2. The van der Waals surface area contributed by atoms with Gasteiger partial charge in [0.25, 0.3) is 5.91 Å². The summed E-state index contributed by atoms with van der Waals surface area (Å²) in [5.74, 6) is 0.419. The van der Waals surface area contributed by atoms with Crippen LogP contribution in [0.15, 0.2) is 22.7 Å². The molecular weight excluding hydrogens is 321 g/mol. The van der Waals surface area contributed by atoms with E-state index in [-0.39, 0.29) is 11.7 Å². The zero-order chi connectivity index (χ0) is 17.4. The minimum Gasteiger partial charge on any atom is -0.368 e. The van der Waals surface area contributed by atoms with Crippen molar-refractivity contribution in [2.45, 2.75) is 39.0 Å². The summed E-state index contributed by atoms with van der Waals surface area (Å²) in [4.78, 5) is 17.0. The van der Waals surface area contributed by atoms with Gasteiger partial charge in [-0.25, -0.2) is 4.39 Å². The molecule has 4 rings (SSSR count). The number of aromatic nitrogens is 1. The van der Waals surface area contributed by atoms with Gasteiger partial charge in [-0.15, -0.1) is 0 Å². The lowest BCUT2D eigenvalue weighted by Crippen LogP contribution is -2.44. The maximum Gasteiger partial charge on any atom is 0.280 e. The minimum atomic E-state index is -0.284. The first-order chi connectivity index (χ1) is 12.2. The van der Waals surface area contributed by atoms with Gasteiger partial charge in [0, 0.05) is 31.6 Å². The van der Waals surface area contributed by atoms with E-state index in [2.05, 4.69) is 17.0 Å². The predicted molar refractivity (Wildman–Crippen MR) is 93.7 cm³/mol. The number of amides is 1. The first kappa shape index (κ1) is 16.1. The maximum absolute atomic E-state index is 13.8. The van der Waals surface area contributed by atoms with Crippen molar-refractivity contribution < 1.29 is 13.7 Å². The zero-order valence-corrected chi connectivity index (χ0v) is 14.4. The third-order valence-corrected chi connectivity index (χ3v) is 5.05. The number of carbonyl (C=O) groups is 1. The summed E-state index contributed by atoms with van der Waals surface area (Å²) in [5, 5.41) is 4.06. The zero-order valence-electron chi connectivity index (χ0n) is 14.4. The summed E-state index contributed by atoms with van der Waals surface area (Å²) in [6.07, 6.45) is 4.79. The van der Waals surface area contributed by atoms with Gasteiger partial charge in [-0.05, 0) is 43.9 Å². The standard InChI is InChI=1S/C19H22FN3O2/c1-2-9-22-10-11-23(15-8-7-13(20)12-16(15)22)19(24)18-14-5-3-4-6-17(14)25-21-18/h7-8,12H,2-6,9-11H2,1H3. The lowest BCUT2D eigenvalue weighted by molar-refractivity contribution is 0.0977. The molecule has 0 unspecified atom stereocenters. The molecule has 6 heteroatoms. The van der Waals surface area contributed by atoms with Gasteiger partial charge >= 0.3 is 0 Å². The predicted octanol–water partition coefficient (Wildman–Crippen LogP) is 3.57. The van der Waals surface area contributed by atoms with Crippen LogP contribution in [-0.2, 0) is 12.8 Å². The molecule has 0 atom stereocenters. The van der Waals surface area contributed by atoms with Crippen LogP contribution in [0.2, 0.25) is 0 Å². The molecule has 2 aromatic rings. The van der Waals surface area contributed by atoms with Crippen molar-refractivity contribution in [1.82, 2.24) is 5.16 Å². The lowest BCUT2D eigenvalue weighted by Gasteiger charge is -2.37. The van der Waals surface area contributed by atoms with Crippen molar-refractivity contribution in [3.05, 3.63) is 41.0 Å². The first-order valence-electron chi connectivity index (χ1n) is 9.03. The molecule has 0 fully saturated rings. The van der Waals surface area contributed by atoms with Gasteiger partial charge < -0.3 is 14.3 Å². The summed E-state index contributed by atoms with van der Waals surface area (Å²) >= 11 is 0.